The van der Waals surface area contributed by atoms with Gasteiger partial charge in [0, 0.05) is 0 Å². The minimum absolute atomic E-state index is 0.325. The lowest BCUT2D eigenvalue weighted by atomic mass is 10.2. The van der Waals surface area contributed by atoms with Gasteiger partial charge in [-0.1, -0.05) is 6.08 Å². The fourth-order valence-corrected chi connectivity index (χ4v) is 0.665. The third kappa shape index (κ3) is 4.56. The molecule has 0 saturated carbocycles. The molecule has 64 valence electrons. The summed E-state index contributed by atoms with van der Waals surface area (Å²) in [7, 11) is 0. The molecule has 0 spiro atoms. The quantitative estimate of drug-likeness (QED) is 0.475. The Labute approximate surface area is 67.2 Å². The maximum atomic E-state index is 10.9. The molecular weight excluding hydrogens is 142 g/mol. The molecule has 0 aliphatic carbocycles. The Kier molecular flexibility index (Phi) is 5.47. The van der Waals surface area contributed by atoms with Crippen LogP contribution in [0.4, 0.5) is 0 Å². The zero-order valence-electron chi connectivity index (χ0n) is 6.88. The predicted molar refractivity (Wildman–Crippen MR) is 44.0 cm³/mol. The highest BCUT2D eigenvalue weighted by Gasteiger charge is 2.12. The Balaban J connectivity index is 3.54. The summed E-state index contributed by atoms with van der Waals surface area (Å²) in [6.07, 6.45) is 3.10. The minimum atomic E-state index is -0.493. The molecule has 0 heterocycles. The molecule has 3 heteroatoms. The zero-order chi connectivity index (χ0) is 8.69. The van der Waals surface area contributed by atoms with Crippen LogP contribution in [0.15, 0.2) is 12.7 Å². The van der Waals surface area contributed by atoms with Crippen LogP contribution in [0.2, 0.25) is 0 Å². The molecule has 0 bridgehead atoms. The van der Waals surface area contributed by atoms with Gasteiger partial charge in [0.25, 0.3) is 0 Å². The van der Waals surface area contributed by atoms with Gasteiger partial charge in [-0.25, -0.2) is 0 Å². The summed E-state index contributed by atoms with van der Waals surface area (Å²) in [5.74, 6) is -0.325. The second kappa shape index (κ2) is 5.92. The smallest absolute Gasteiger partial charge is 0.322 e. The number of ether oxygens (including phenoxy) is 1. The summed E-state index contributed by atoms with van der Waals surface area (Å²) in [6, 6.07) is -0.493. The Morgan fingerprint density at radius 2 is 2.45 bits per heavy atom. The van der Waals surface area contributed by atoms with Crippen LogP contribution in [0.1, 0.15) is 19.8 Å². The molecule has 0 aliphatic rings. The summed E-state index contributed by atoms with van der Waals surface area (Å²) in [5.41, 5.74) is 5.47. The van der Waals surface area contributed by atoms with E-state index in [-0.39, 0.29) is 5.97 Å². The monoisotopic (exact) mass is 157 g/mol. The van der Waals surface area contributed by atoms with Gasteiger partial charge < -0.3 is 10.5 Å². The summed E-state index contributed by atoms with van der Waals surface area (Å²) >= 11 is 0. The van der Waals surface area contributed by atoms with Crippen molar-refractivity contribution in [3.8, 4) is 0 Å². The van der Waals surface area contributed by atoms with Gasteiger partial charge in [-0.05, 0) is 19.8 Å². The highest BCUT2D eigenvalue weighted by atomic mass is 16.5. The fourth-order valence-electron chi connectivity index (χ4n) is 0.665. The lowest BCUT2D eigenvalue weighted by Gasteiger charge is -2.07. The molecule has 0 aliphatic heterocycles. The Morgan fingerprint density at radius 1 is 1.82 bits per heavy atom. The van der Waals surface area contributed by atoms with Gasteiger partial charge >= 0.3 is 5.97 Å². The molecule has 0 amide bonds. The number of hydrogen-bond donors (Lipinski definition) is 1. The van der Waals surface area contributed by atoms with E-state index < -0.39 is 6.04 Å². The number of carbonyl (C=O) groups is 1. The molecule has 0 radical (unpaired) electrons. The topological polar surface area (TPSA) is 52.3 Å². The van der Waals surface area contributed by atoms with Crippen molar-refractivity contribution in [1.29, 1.82) is 0 Å². The summed E-state index contributed by atoms with van der Waals surface area (Å²) in [5, 5.41) is 0. The molecule has 1 unspecified atom stereocenters. The highest BCUT2D eigenvalue weighted by molar-refractivity contribution is 5.75. The van der Waals surface area contributed by atoms with Gasteiger partial charge in [-0.3, -0.25) is 4.79 Å². The van der Waals surface area contributed by atoms with Crippen LogP contribution in [0.3, 0.4) is 0 Å². The van der Waals surface area contributed by atoms with Crippen molar-refractivity contribution in [2.24, 2.45) is 5.73 Å². The van der Waals surface area contributed by atoms with E-state index in [2.05, 4.69) is 6.58 Å². The van der Waals surface area contributed by atoms with Gasteiger partial charge in [0.15, 0.2) is 0 Å². The second-order valence-electron chi connectivity index (χ2n) is 2.22. The first-order valence-electron chi connectivity index (χ1n) is 3.75. The average molecular weight is 157 g/mol. The number of carbonyl (C=O) groups excluding carboxylic acids is 1. The lowest BCUT2D eigenvalue weighted by molar-refractivity contribution is -0.144. The van der Waals surface area contributed by atoms with Gasteiger partial charge in [0.2, 0.25) is 0 Å². The van der Waals surface area contributed by atoms with Crippen molar-refractivity contribution < 1.29 is 9.53 Å². The number of hydrogen-bond acceptors (Lipinski definition) is 3. The van der Waals surface area contributed by atoms with E-state index >= 15 is 0 Å². The molecule has 1 atom stereocenters. The van der Waals surface area contributed by atoms with E-state index in [9.17, 15) is 4.79 Å². The first-order chi connectivity index (χ1) is 5.22. The third-order valence-corrected chi connectivity index (χ3v) is 1.27. The number of esters is 1. The van der Waals surface area contributed by atoms with Crippen LogP contribution in [0.5, 0.6) is 0 Å². The summed E-state index contributed by atoms with van der Waals surface area (Å²) in [6.45, 7) is 5.68. The van der Waals surface area contributed by atoms with Gasteiger partial charge in [0.1, 0.15) is 6.04 Å². The van der Waals surface area contributed by atoms with Gasteiger partial charge in [-0.15, -0.1) is 6.58 Å². The fraction of sp³-hybridized carbons (Fsp3) is 0.625. The van der Waals surface area contributed by atoms with Crippen molar-refractivity contribution in [3.05, 3.63) is 12.7 Å². The van der Waals surface area contributed by atoms with Crippen LogP contribution in [0.25, 0.3) is 0 Å². The predicted octanol–water partition coefficient (Wildman–Crippen LogP) is 0.843. The van der Waals surface area contributed by atoms with Crippen LogP contribution in [-0.4, -0.2) is 18.6 Å². The van der Waals surface area contributed by atoms with E-state index in [1.165, 1.54) is 0 Å². The molecule has 0 rings (SSSR count). The SMILES string of the molecule is C=CCCC(N)C(=O)OCC. The zero-order valence-corrected chi connectivity index (χ0v) is 6.88. The van der Waals surface area contributed by atoms with Gasteiger partial charge in [-0.2, -0.15) is 0 Å². The number of allylic oxidation sites excluding steroid dienone is 1. The number of rotatable bonds is 5. The molecule has 3 nitrogen and oxygen atoms in total. The maximum absolute atomic E-state index is 10.9. The molecule has 11 heavy (non-hydrogen) atoms. The van der Waals surface area contributed by atoms with E-state index in [4.69, 9.17) is 10.5 Å². The normalized spacial score (nSPS) is 12.2. The molecule has 2 N–H and O–H groups in total. The van der Waals surface area contributed by atoms with Crippen LogP contribution < -0.4 is 5.73 Å². The van der Waals surface area contributed by atoms with E-state index in [1.54, 1.807) is 13.0 Å². The average Bonchev–Trinajstić information content (AvgIpc) is 2.00. The molecule has 0 aromatic rings. The maximum Gasteiger partial charge on any atom is 0.322 e. The van der Waals surface area contributed by atoms with E-state index in [0.29, 0.717) is 13.0 Å². The molecular formula is C8H15NO2. The Bertz CT molecular complexity index is 134. The minimum Gasteiger partial charge on any atom is -0.465 e. The Hall–Kier alpha value is -0.830. The van der Waals surface area contributed by atoms with Crippen LogP contribution in [0, 0.1) is 0 Å². The first-order valence-corrected chi connectivity index (χ1v) is 3.75. The molecule has 0 saturated heterocycles. The van der Waals surface area contributed by atoms with E-state index in [1.807, 2.05) is 0 Å². The standard InChI is InChI=1S/C8H15NO2/c1-3-5-6-7(9)8(10)11-4-2/h3,7H,1,4-6,9H2,2H3. The van der Waals surface area contributed by atoms with E-state index in [0.717, 1.165) is 6.42 Å². The third-order valence-electron chi connectivity index (χ3n) is 1.27. The van der Waals surface area contributed by atoms with Crippen molar-refractivity contribution in [3.63, 3.8) is 0 Å². The van der Waals surface area contributed by atoms with Crippen molar-refractivity contribution in [2.45, 2.75) is 25.8 Å². The van der Waals surface area contributed by atoms with Gasteiger partial charge in [0.05, 0.1) is 6.61 Å². The molecule has 0 aromatic heterocycles. The summed E-state index contributed by atoms with van der Waals surface area (Å²) < 4.78 is 4.70. The second-order valence-corrected chi connectivity index (χ2v) is 2.22. The van der Waals surface area contributed by atoms with Crippen molar-refractivity contribution in [1.82, 2.24) is 0 Å². The molecule has 0 aromatic carbocycles. The largest absolute Gasteiger partial charge is 0.465 e. The Morgan fingerprint density at radius 3 is 2.91 bits per heavy atom. The highest BCUT2D eigenvalue weighted by Crippen LogP contribution is 1.96. The summed E-state index contributed by atoms with van der Waals surface area (Å²) in [4.78, 5) is 10.9. The molecule has 0 fully saturated rings. The van der Waals surface area contributed by atoms with Crippen molar-refractivity contribution >= 4 is 5.97 Å². The lowest BCUT2D eigenvalue weighted by Crippen LogP contribution is -2.31. The first kappa shape index (κ1) is 10.2. The van der Waals surface area contributed by atoms with Crippen LogP contribution >= 0.6 is 0 Å². The number of nitrogens with two attached hydrogens (primary N) is 1. The van der Waals surface area contributed by atoms with Crippen LogP contribution in [-0.2, 0) is 9.53 Å². The van der Waals surface area contributed by atoms with Crippen molar-refractivity contribution in [2.75, 3.05) is 6.61 Å².